The summed E-state index contributed by atoms with van der Waals surface area (Å²) >= 11 is 0. The molecule has 1 saturated heterocycles. The summed E-state index contributed by atoms with van der Waals surface area (Å²) < 4.78 is 0. The van der Waals surface area contributed by atoms with Gasteiger partial charge in [-0.15, -0.1) is 0 Å². The van der Waals surface area contributed by atoms with Crippen LogP contribution < -0.4 is 16.0 Å². The largest absolute Gasteiger partial charge is 0.350 e. The molecule has 1 aliphatic rings. The number of nitrogens with one attached hydrogen (secondary N) is 3. The zero-order chi connectivity index (χ0) is 26.3. The molecule has 0 bridgehead atoms. The van der Waals surface area contributed by atoms with Gasteiger partial charge in [0, 0.05) is 18.8 Å². The topological polar surface area (TPSA) is 111 Å². The maximum atomic E-state index is 13.6. The van der Waals surface area contributed by atoms with Crippen molar-refractivity contribution in [3.63, 3.8) is 0 Å². The van der Waals surface area contributed by atoms with E-state index in [1.807, 2.05) is 40.9 Å². The first kappa shape index (κ1) is 28.0. The van der Waals surface area contributed by atoms with E-state index in [0.29, 0.717) is 25.1 Å². The molecular formula is C26H39N5O4. The summed E-state index contributed by atoms with van der Waals surface area (Å²) in [5.41, 5.74) is 0.891. The third-order valence-corrected chi connectivity index (χ3v) is 6.24. The van der Waals surface area contributed by atoms with E-state index in [-0.39, 0.29) is 30.2 Å². The van der Waals surface area contributed by atoms with Crippen LogP contribution in [0.4, 0.5) is 5.69 Å². The number of carbonyl (C=O) groups excluding carboxylic acids is 4. The van der Waals surface area contributed by atoms with Crippen molar-refractivity contribution in [1.29, 1.82) is 0 Å². The molecule has 3 atom stereocenters. The summed E-state index contributed by atoms with van der Waals surface area (Å²) in [6.07, 6.45) is 2.46. The Morgan fingerprint density at radius 1 is 1.23 bits per heavy atom. The van der Waals surface area contributed by atoms with E-state index in [1.54, 1.807) is 34.9 Å². The molecule has 1 aromatic carbocycles. The molecule has 4 amide bonds. The summed E-state index contributed by atoms with van der Waals surface area (Å²) in [5, 5.41) is 8.52. The van der Waals surface area contributed by atoms with E-state index in [9.17, 15) is 19.2 Å². The lowest BCUT2D eigenvalue weighted by Crippen LogP contribution is -2.59. The molecule has 35 heavy (non-hydrogen) atoms. The van der Waals surface area contributed by atoms with Gasteiger partial charge >= 0.3 is 0 Å². The highest BCUT2D eigenvalue weighted by molar-refractivity contribution is 5.99. The minimum absolute atomic E-state index is 0.230. The zero-order valence-electron chi connectivity index (χ0n) is 21.7. The van der Waals surface area contributed by atoms with Crippen LogP contribution in [0.15, 0.2) is 36.9 Å². The van der Waals surface area contributed by atoms with Gasteiger partial charge in [0.25, 0.3) is 0 Å². The number of amides is 4. The van der Waals surface area contributed by atoms with Crippen LogP contribution in [0.1, 0.15) is 46.1 Å². The number of likely N-dealkylation sites (N-methyl/N-ethyl adjacent to an activating group) is 1. The number of nitrogens with zero attached hydrogens (tertiary/aromatic N) is 2. The molecule has 1 heterocycles. The fourth-order valence-electron chi connectivity index (χ4n) is 3.87. The van der Waals surface area contributed by atoms with Gasteiger partial charge in [0.05, 0.1) is 6.04 Å². The van der Waals surface area contributed by atoms with Crippen LogP contribution in [0.25, 0.3) is 0 Å². The molecule has 9 heteroatoms. The Hall–Kier alpha value is -3.20. The van der Waals surface area contributed by atoms with E-state index in [1.165, 1.54) is 6.08 Å². The molecule has 0 aliphatic carbocycles. The summed E-state index contributed by atoms with van der Waals surface area (Å²) in [5.74, 6) is -1.03. The van der Waals surface area contributed by atoms with Crippen LogP contribution in [0.5, 0.6) is 0 Å². The monoisotopic (exact) mass is 485 g/mol. The third kappa shape index (κ3) is 7.65. The van der Waals surface area contributed by atoms with Crippen molar-refractivity contribution in [2.24, 2.45) is 5.41 Å². The second kappa shape index (κ2) is 12.0. The van der Waals surface area contributed by atoms with E-state index in [0.717, 1.165) is 5.56 Å². The zero-order valence-corrected chi connectivity index (χ0v) is 21.7. The molecule has 1 fully saturated rings. The SMILES string of the molecule is C=CC(=O)Nc1cccc(CNC(=O)[C@@H]2CCCN2C(=O)[C@@H](NC(=O)[C@H](C)N(C)C)C(C)(C)C)c1. The van der Waals surface area contributed by atoms with Crippen molar-refractivity contribution in [2.45, 2.75) is 65.2 Å². The van der Waals surface area contributed by atoms with Gasteiger partial charge in [-0.2, -0.15) is 0 Å². The molecule has 0 spiro atoms. The number of benzene rings is 1. The Morgan fingerprint density at radius 3 is 2.51 bits per heavy atom. The number of anilines is 1. The second-order valence-corrected chi connectivity index (χ2v) is 10.2. The fraction of sp³-hybridized carbons (Fsp3) is 0.538. The van der Waals surface area contributed by atoms with E-state index in [4.69, 9.17) is 0 Å². The van der Waals surface area contributed by atoms with Crippen molar-refractivity contribution in [1.82, 2.24) is 20.4 Å². The van der Waals surface area contributed by atoms with Gasteiger partial charge in [-0.1, -0.05) is 39.5 Å². The third-order valence-electron chi connectivity index (χ3n) is 6.24. The molecule has 0 saturated carbocycles. The summed E-state index contributed by atoms with van der Waals surface area (Å²) in [4.78, 5) is 54.2. The molecule has 3 N–H and O–H groups in total. The summed E-state index contributed by atoms with van der Waals surface area (Å²) in [6, 6.07) is 5.42. The first-order valence-electron chi connectivity index (χ1n) is 11.9. The lowest BCUT2D eigenvalue weighted by Gasteiger charge is -2.36. The first-order valence-corrected chi connectivity index (χ1v) is 11.9. The average Bonchev–Trinajstić information content (AvgIpc) is 3.29. The molecule has 1 aliphatic heterocycles. The summed E-state index contributed by atoms with van der Waals surface area (Å²) in [7, 11) is 3.62. The molecule has 1 aromatic rings. The molecule has 9 nitrogen and oxygen atoms in total. The Bertz CT molecular complexity index is 953. The standard InChI is InChI=1S/C26H39N5O4/c1-8-21(32)28-19-12-9-11-18(15-19)16-27-24(34)20-13-10-14-31(20)25(35)22(26(3,4)5)29-23(33)17(2)30(6)7/h8-9,11-12,15,17,20,22H,1,10,13-14,16H2,2-7H3,(H,27,34)(H,28,32)(H,29,33)/t17-,20-,22+/m0/s1. The predicted molar refractivity (Wildman–Crippen MR) is 136 cm³/mol. The molecule has 2 rings (SSSR count). The predicted octanol–water partition coefficient (Wildman–Crippen LogP) is 1.90. The number of carbonyl (C=O) groups is 4. The Morgan fingerprint density at radius 2 is 1.91 bits per heavy atom. The lowest BCUT2D eigenvalue weighted by atomic mass is 9.85. The van der Waals surface area contributed by atoms with Crippen molar-refractivity contribution in [2.75, 3.05) is 26.0 Å². The molecule has 0 radical (unpaired) electrons. The molecule has 192 valence electrons. The quantitative estimate of drug-likeness (QED) is 0.463. The Kier molecular flexibility index (Phi) is 9.59. The van der Waals surface area contributed by atoms with E-state index < -0.39 is 23.5 Å². The van der Waals surface area contributed by atoms with Gasteiger partial charge in [0.2, 0.25) is 23.6 Å². The van der Waals surface area contributed by atoms with Gasteiger partial charge in [0.1, 0.15) is 12.1 Å². The summed E-state index contributed by atoms with van der Waals surface area (Å²) in [6.45, 7) is 11.6. The van der Waals surface area contributed by atoms with Crippen LogP contribution in [0, 0.1) is 5.41 Å². The first-order chi connectivity index (χ1) is 16.3. The van der Waals surface area contributed by atoms with Crippen LogP contribution in [-0.2, 0) is 25.7 Å². The van der Waals surface area contributed by atoms with Crippen LogP contribution in [0.2, 0.25) is 0 Å². The number of likely N-dealkylation sites (tertiary alicyclic amines) is 1. The van der Waals surface area contributed by atoms with Gasteiger partial charge in [-0.25, -0.2) is 0 Å². The van der Waals surface area contributed by atoms with Crippen molar-refractivity contribution >= 4 is 29.3 Å². The van der Waals surface area contributed by atoms with E-state index >= 15 is 0 Å². The van der Waals surface area contributed by atoms with Crippen molar-refractivity contribution < 1.29 is 19.2 Å². The highest BCUT2D eigenvalue weighted by atomic mass is 16.2. The maximum absolute atomic E-state index is 13.6. The normalized spacial score (nSPS) is 17.5. The molecule has 0 aromatic heterocycles. The highest BCUT2D eigenvalue weighted by Gasteiger charge is 2.42. The smallest absolute Gasteiger partial charge is 0.247 e. The number of rotatable bonds is 9. The highest BCUT2D eigenvalue weighted by Crippen LogP contribution is 2.26. The average molecular weight is 486 g/mol. The number of hydrogen-bond acceptors (Lipinski definition) is 5. The van der Waals surface area contributed by atoms with Crippen molar-refractivity contribution in [3.8, 4) is 0 Å². The van der Waals surface area contributed by atoms with E-state index in [2.05, 4.69) is 22.5 Å². The minimum atomic E-state index is -0.754. The minimum Gasteiger partial charge on any atom is -0.350 e. The van der Waals surface area contributed by atoms with Crippen LogP contribution in [-0.4, -0.2) is 72.2 Å². The van der Waals surface area contributed by atoms with Crippen LogP contribution in [0.3, 0.4) is 0 Å². The van der Waals surface area contributed by atoms with Crippen molar-refractivity contribution in [3.05, 3.63) is 42.5 Å². The molecule has 0 unspecified atom stereocenters. The Labute approximate surface area is 208 Å². The lowest BCUT2D eigenvalue weighted by molar-refractivity contribution is -0.144. The number of hydrogen-bond donors (Lipinski definition) is 3. The van der Waals surface area contributed by atoms with Gasteiger partial charge in [0.15, 0.2) is 0 Å². The van der Waals surface area contributed by atoms with Gasteiger partial charge in [-0.05, 0) is 63.0 Å². The Balaban J connectivity index is 2.09. The second-order valence-electron chi connectivity index (χ2n) is 10.2. The fourth-order valence-corrected chi connectivity index (χ4v) is 3.87. The molecular weight excluding hydrogens is 446 g/mol. The van der Waals surface area contributed by atoms with Gasteiger partial charge < -0.3 is 20.9 Å². The van der Waals surface area contributed by atoms with Gasteiger partial charge in [-0.3, -0.25) is 24.1 Å². The van der Waals surface area contributed by atoms with Crippen LogP contribution >= 0.6 is 0 Å². The maximum Gasteiger partial charge on any atom is 0.247 e.